The summed E-state index contributed by atoms with van der Waals surface area (Å²) in [6, 6.07) is 19.1. The number of rotatable bonds is 5. The van der Waals surface area contributed by atoms with Crippen molar-refractivity contribution >= 4 is 17.6 Å². The van der Waals surface area contributed by atoms with Gasteiger partial charge in [-0.3, -0.25) is 4.79 Å². The van der Waals surface area contributed by atoms with E-state index in [-0.39, 0.29) is 11.3 Å². The molecule has 1 atom stereocenters. The average molecular weight is 413 g/mol. The zero-order chi connectivity index (χ0) is 21.7. The molecule has 0 saturated carbocycles. The predicted octanol–water partition coefficient (Wildman–Crippen LogP) is 5.55. The fourth-order valence-corrected chi connectivity index (χ4v) is 2.75. The monoisotopic (exact) mass is 413 g/mol. The lowest BCUT2D eigenvalue weighted by Gasteiger charge is -2.18. The maximum absolute atomic E-state index is 12.9. The highest BCUT2D eigenvalue weighted by Crippen LogP contribution is 2.31. The summed E-state index contributed by atoms with van der Waals surface area (Å²) in [6.07, 6.45) is -5.88. The van der Waals surface area contributed by atoms with E-state index >= 15 is 0 Å². The fourth-order valence-electron chi connectivity index (χ4n) is 2.75. The van der Waals surface area contributed by atoms with Crippen molar-refractivity contribution in [1.82, 2.24) is 0 Å². The highest BCUT2D eigenvalue weighted by Gasteiger charge is 2.31. The van der Waals surface area contributed by atoms with Crippen molar-refractivity contribution in [3.05, 3.63) is 101 Å². The number of nitrogens with one attached hydrogen (secondary N) is 1. The Hall–Kier alpha value is -3.61. The normalized spacial score (nSPS) is 12.1. The third kappa shape index (κ3) is 5.26. The topological polar surface area (TPSA) is 55.4 Å². The van der Waals surface area contributed by atoms with Crippen LogP contribution in [0.2, 0.25) is 0 Å². The average Bonchev–Trinajstić information content (AvgIpc) is 2.72. The molecule has 30 heavy (non-hydrogen) atoms. The number of aryl methyl sites for hydroxylation is 1. The summed E-state index contributed by atoms with van der Waals surface area (Å²) >= 11 is 0. The molecule has 1 N–H and O–H groups in total. The van der Waals surface area contributed by atoms with Crippen molar-refractivity contribution in [3.8, 4) is 0 Å². The molecule has 0 heterocycles. The van der Waals surface area contributed by atoms with E-state index in [0.717, 1.165) is 17.7 Å². The van der Waals surface area contributed by atoms with Gasteiger partial charge < -0.3 is 10.1 Å². The number of anilines is 1. The SMILES string of the molecule is Cc1ccc(C(=O)O[C@@H](C(=O)Nc2cccc(C(F)(F)F)c2)c2ccccc2)cc1. The van der Waals surface area contributed by atoms with Gasteiger partial charge in [0, 0.05) is 11.3 Å². The summed E-state index contributed by atoms with van der Waals surface area (Å²) in [4.78, 5) is 25.4. The van der Waals surface area contributed by atoms with Crippen molar-refractivity contribution < 1.29 is 27.5 Å². The first kappa shape index (κ1) is 21.1. The number of hydrogen-bond donors (Lipinski definition) is 1. The number of hydrogen-bond acceptors (Lipinski definition) is 3. The van der Waals surface area contributed by atoms with Crippen LogP contribution >= 0.6 is 0 Å². The molecule has 0 aromatic heterocycles. The summed E-state index contributed by atoms with van der Waals surface area (Å²) in [5, 5.41) is 2.40. The molecule has 0 saturated heterocycles. The van der Waals surface area contributed by atoms with E-state index in [9.17, 15) is 22.8 Å². The van der Waals surface area contributed by atoms with Gasteiger partial charge in [0.2, 0.25) is 6.10 Å². The van der Waals surface area contributed by atoms with Gasteiger partial charge in [-0.05, 0) is 37.3 Å². The van der Waals surface area contributed by atoms with Crippen LogP contribution in [0.25, 0.3) is 0 Å². The molecule has 0 aliphatic rings. The summed E-state index contributed by atoms with van der Waals surface area (Å²) in [5.74, 6) is -1.48. The highest BCUT2D eigenvalue weighted by atomic mass is 19.4. The van der Waals surface area contributed by atoms with Crippen LogP contribution in [0.4, 0.5) is 18.9 Å². The minimum atomic E-state index is -4.54. The van der Waals surface area contributed by atoms with Gasteiger partial charge in [0.15, 0.2) is 0 Å². The van der Waals surface area contributed by atoms with E-state index in [2.05, 4.69) is 5.32 Å². The molecule has 0 radical (unpaired) electrons. The minimum Gasteiger partial charge on any atom is -0.444 e. The molecule has 1 amide bonds. The summed E-state index contributed by atoms with van der Waals surface area (Å²) in [6.45, 7) is 1.87. The molecule has 0 unspecified atom stereocenters. The van der Waals surface area contributed by atoms with Crippen LogP contribution in [0.15, 0.2) is 78.9 Å². The van der Waals surface area contributed by atoms with E-state index in [1.54, 1.807) is 54.6 Å². The second-order valence-corrected chi connectivity index (χ2v) is 6.63. The third-order valence-corrected chi connectivity index (χ3v) is 4.31. The van der Waals surface area contributed by atoms with Gasteiger partial charge in [-0.1, -0.05) is 54.1 Å². The van der Waals surface area contributed by atoms with Crippen LogP contribution < -0.4 is 5.32 Å². The standard InChI is InChI=1S/C23H18F3NO3/c1-15-10-12-17(13-11-15)22(29)30-20(16-6-3-2-4-7-16)21(28)27-19-9-5-8-18(14-19)23(24,25)26/h2-14,20H,1H3,(H,27,28)/t20-/m1/s1. The zero-order valence-corrected chi connectivity index (χ0v) is 15.9. The first-order chi connectivity index (χ1) is 14.2. The molecule has 3 aromatic carbocycles. The lowest BCUT2D eigenvalue weighted by atomic mass is 10.1. The molecule has 3 aromatic rings. The first-order valence-corrected chi connectivity index (χ1v) is 9.05. The van der Waals surface area contributed by atoms with Crippen LogP contribution in [-0.2, 0) is 15.7 Å². The first-order valence-electron chi connectivity index (χ1n) is 9.05. The van der Waals surface area contributed by atoms with Crippen LogP contribution in [0.1, 0.15) is 33.2 Å². The van der Waals surface area contributed by atoms with E-state index in [1.165, 1.54) is 12.1 Å². The lowest BCUT2D eigenvalue weighted by Crippen LogP contribution is -2.26. The number of benzene rings is 3. The van der Waals surface area contributed by atoms with E-state index in [4.69, 9.17) is 4.74 Å². The van der Waals surface area contributed by atoms with Crippen molar-refractivity contribution in [2.24, 2.45) is 0 Å². The van der Waals surface area contributed by atoms with Gasteiger partial charge in [0.25, 0.3) is 5.91 Å². The zero-order valence-electron chi connectivity index (χ0n) is 15.9. The molecular formula is C23H18F3NO3. The molecule has 0 bridgehead atoms. The fraction of sp³-hybridized carbons (Fsp3) is 0.130. The molecule has 154 valence electrons. The largest absolute Gasteiger partial charge is 0.444 e. The van der Waals surface area contributed by atoms with Crippen molar-refractivity contribution in [1.29, 1.82) is 0 Å². The van der Waals surface area contributed by atoms with E-state index in [0.29, 0.717) is 5.56 Å². The van der Waals surface area contributed by atoms with Crippen molar-refractivity contribution in [3.63, 3.8) is 0 Å². The Morgan fingerprint density at radius 3 is 2.20 bits per heavy atom. The smallest absolute Gasteiger partial charge is 0.416 e. The van der Waals surface area contributed by atoms with Crippen molar-refractivity contribution in [2.75, 3.05) is 5.32 Å². The van der Waals surface area contributed by atoms with E-state index in [1.807, 2.05) is 6.92 Å². The summed E-state index contributed by atoms with van der Waals surface area (Å²) in [7, 11) is 0. The van der Waals surface area contributed by atoms with Crippen LogP contribution in [0, 0.1) is 6.92 Å². The summed E-state index contributed by atoms with van der Waals surface area (Å²) < 4.78 is 44.2. The second kappa shape index (κ2) is 8.82. The predicted molar refractivity (Wildman–Crippen MR) is 106 cm³/mol. The van der Waals surface area contributed by atoms with Gasteiger partial charge >= 0.3 is 12.1 Å². The van der Waals surface area contributed by atoms with Gasteiger partial charge in [-0.2, -0.15) is 13.2 Å². The Kier molecular flexibility index (Phi) is 6.20. The number of alkyl halides is 3. The van der Waals surface area contributed by atoms with Gasteiger partial charge in [-0.15, -0.1) is 0 Å². The maximum Gasteiger partial charge on any atom is 0.416 e. The number of ether oxygens (including phenoxy) is 1. The maximum atomic E-state index is 12.9. The molecule has 3 rings (SSSR count). The van der Waals surface area contributed by atoms with E-state index < -0.39 is 29.7 Å². The molecule has 0 spiro atoms. The molecule has 7 heteroatoms. The molecule has 0 aliphatic heterocycles. The number of halogens is 3. The Morgan fingerprint density at radius 2 is 1.57 bits per heavy atom. The van der Waals surface area contributed by atoms with Crippen LogP contribution in [-0.4, -0.2) is 11.9 Å². The van der Waals surface area contributed by atoms with Crippen LogP contribution in [0.5, 0.6) is 0 Å². The van der Waals surface area contributed by atoms with Crippen molar-refractivity contribution in [2.45, 2.75) is 19.2 Å². The second-order valence-electron chi connectivity index (χ2n) is 6.63. The Morgan fingerprint density at radius 1 is 0.900 bits per heavy atom. The Balaban J connectivity index is 1.85. The molecular weight excluding hydrogens is 395 g/mol. The number of amides is 1. The summed E-state index contributed by atoms with van der Waals surface area (Å²) in [5.41, 5.74) is 0.652. The highest BCUT2D eigenvalue weighted by molar-refractivity contribution is 5.98. The van der Waals surface area contributed by atoms with Crippen LogP contribution in [0.3, 0.4) is 0 Å². The van der Waals surface area contributed by atoms with Gasteiger partial charge in [0.1, 0.15) is 0 Å². The number of esters is 1. The molecule has 0 aliphatic carbocycles. The lowest BCUT2D eigenvalue weighted by molar-refractivity contribution is -0.137. The number of carbonyl (C=O) groups excluding carboxylic acids is 2. The molecule has 0 fully saturated rings. The Bertz CT molecular complexity index is 1030. The van der Waals surface area contributed by atoms with Gasteiger partial charge in [0.05, 0.1) is 11.1 Å². The van der Waals surface area contributed by atoms with Gasteiger partial charge in [-0.25, -0.2) is 4.79 Å². The Labute approximate surface area is 171 Å². The minimum absolute atomic E-state index is 0.0536. The third-order valence-electron chi connectivity index (χ3n) is 4.31. The molecule has 4 nitrogen and oxygen atoms in total. The quantitative estimate of drug-likeness (QED) is 0.558. The number of carbonyl (C=O) groups is 2.